The number of hydrogen-bond acceptors (Lipinski definition) is 5. The van der Waals surface area contributed by atoms with Gasteiger partial charge in [0.2, 0.25) is 0 Å². The highest BCUT2D eigenvalue weighted by Crippen LogP contribution is 2.27. The van der Waals surface area contributed by atoms with Crippen LogP contribution in [0.15, 0.2) is 6.20 Å². The Hall–Kier alpha value is -2.16. The molecule has 0 spiro atoms. The molecule has 0 aromatic carbocycles. The van der Waals surface area contributed by atoms with Gasteiger partial charge in [0.1, 0.15) is 23.3 Å². The fourth-order valence-corrected chi connectivity index (χ4v) is 2.40. The zero-order valence-corrected chi connectivity index (χ0v) is 10.8. The second kappa shape index (κ2) is 5.65. The number of anilines is 1. The minimum absolute atomic E-state index is 0.0521. The average molecular weight is 260 g/mol. The highest BCUT2D eigenvalue weighted by molar-refractivity contribution is 5.70. The summed E-state index contributed by atoms with van der Waals surface area (Å²) in [6.07, 6.45) is 4.56. The van der Waals surface area contributed by atoms with Crippen molar-refractivity contribution in [2.75, 3.05) is 5.32 Å². The number of carboxylic acids is 1. The summed E-state index contributed by atoms with van der Waals surface area (Å²) in [7, 11) is 0. The van der Waals surface area contributed by atoms with Gasteiger partial charge >= 0.3 is 5.97 Å². The maximum Gasteiger partial charge on any atom is 0.306 e. The fraction of sp³-hybridized carbons (Fsp3) is 0.538. The normalized spacial score (nSPS) is 22.5. The van der Waals surface area contributed by atoms with Crippen LogP contribution in [0.3, 0.4) is 0 Å². The van der Waals surface area contributed by atoms with Gasteiger partial charge in [-0.2, -0.15) is 5.26 Å². The summed E-state index contributed by atoms with van der Waals surface area (Å²) in [6.45, 7) is 1.76. The van der Waals surface area contributed by atoms with E-state index in [9.17, 15) is 4.79 Å². The van der Waals surface area contributed by atoms with E-state index >= 15 is 0 Å². The predicted molar refractivity (Wildman–Crippen MR) is 68.5 cm³/mol. The lowest BCUT2D eigenvalue weighted by Crippen LogP contribution is -2.31. The molecule has 1 fully saturated rings. The molecule has 0 radical (unpaired) electrons. The SMILES string of the molecule is Cc1ncc(C#N)c(NC2CCCC(C(=O)O)C2)n1. The van der Waals surface area contributed by atoms with E-state index in [4.69, 9.17) is 10.4 Å². The number of rotatable bonds is 3. The van der Waals surface area contributed by atoms with Crippen LogP contribution in [-0.2, 0) is 4.79 Å². The smallest absolute Gasteiger partial charge is 0.306 e. The Morgan fingerprint density at radius 1 is 1.58 bits per heavy atom. The van der Waals surface area contributed by atoms with Crippen molar-refractivity contribution >= 4 is 11.8 Å². The highest BCUT2D eigenvalue weighted by atomic mass is 16.4. The van der Waals surface area contributed by atoms with Gasteiger partial charge in [0.25, 0.3) is 0 Å². The van der Waals surface area contributed by atoms with Gasteiger partial charge in [-0.1, -0.05) is 6.42 Å². The molecular weight excluding hydrogens is 244 g/mol. The Bertz CT molecular complexity index is 524. The van der Waals surface area contributed by atoms with Crippen molar-refractivity contribution in [1.29, 1.82) is 5.26 Å². The van der Waals surface area contributed by atoms with E-state index in [1.54, 1.807) is 6.92 Å². The van der Waals surface area contributed by atoms with Crippen molar-refractivity contribution in [3.05, 3.63) is 17.6 Å². The van der Waals surface area contributed by atoms with E-state index in [-0.39, 0.29) is 12.0 Å². The quantitative estimate of drug-likeness (QED) is 0.858. The molecule has 0 saturated heterocycles. The van der Waals surface area contributed by atoms with Crippen LogP contribution in [0.2, 0.25) is 0 Å². The molecular formula is C13H16N4O2. The van der Waals surface area contributed by atoms with Crippen LogP contribution in [0.1, 0.15) is 37.1 Å². The van der Waals surface area contributed by atoms with Gasteiger partial charge in [-0.15, -0.1) is 0 Å². The second-order valence-corrected chi connectivity index (χ2v) is 4.83. The number of hydrogen-bond donors (Lipinski definition) is 2. The van der Waals surface area contributed by atoms with Crippen LogP contribution < -0.4 is 5.32 Å². The van der Waals surface area contributed by atoms with Gasteiger partial charge in [0, 0.05) is 6.04 Å². The second-order valence-electron chi connectivity index (χ2n) is 4.83. The number of aryl methyl sites for hydroxylation is 1. The van der Waals surface area contributed by atoms with E-state index < -0.39 is 5.97 Å². The third kappa shape index (κ3) is 3.19. The molecule has 2 atom stereocenters. The molecule has 19 heavy (non-hydrogen) atoms. The Morgan fingerprint density at radius 2 is 2.37 bits per heavy atom. The molecule has 1 aromatic heterocycles. The van der Waals surface area contributed by atoms with Crippen molar-refractivity contribution < 1.29 is 9.90 Å². The molecule has 6 nitrogen and oxygen atoms in total. The van der Waals surface area contributed by atoms with Crippen LogP contribution in [0.4, 0.5) is 5.82 Å². The van der Waals surface area contributed by atoms with Crippen LogP contribution in [-0.4, -0.2) is 27.1 Å². The Kier molecular flexibility index (Phi) is 3.95. The monoisotopic (exact) mass is 260 g/mol. The lowest BCUT2D eigenvalue weighted by Gasteiger charge is -2.27. The van der Waals surface area contributed by atoms with Crippen molar-refractivity contribution in [2.45, 2.75) is 38.6 Å². The molecule has 0 bridgehead atoms. The van der Waals surface area contributed by atoms with Crippen molar-refractivity contribution in [2.24, 2.45) is 5.92 Å². The maximum absolute atomic E-state index is 11.0. The minimum atomic E-state index is -0.745. The first-order valence-corrected chi connectivity index (χ1v) is 6.33. The molecule has 2 N–H and O–H groups in total. The number of nitrogens with zero attached hydrogens (tertiary/aromatic N) is 3. The Morgan fingerprint density at radius 3 is 3.05 bits per heavy atom. The van der Waals surface area contributed by atoms with E-state index in [1.807, 2.05) is 6.07 Å². The third-order valence-corrected chi connectivity index (χ3v) is 3.39. The number of aromatic nitrogens is 2. The van der Waals surface area contributed by atoms with Gasteiger partial charge in [-0.05, 0) is 26.2 Å². The summed E-state index contributed by atoms with van der Waals surface area (Å²) in [4.78, 5) is 19.2. The molecule has 1 aromatic rings. The number of carbonyl (C=O) groups is 1. The number of nitriles is 1. The number of carboxylic acid groups (broad SMARTS) is 1. The predicted octanol–water partition coefficient (Wildman–Crippen LogP) is 1.71. The number of nitrogens with one attached hydrogen (secondary N) is 1. The molecule has 0 aliphatic heterocycles. The van der Waals surface area contributed by atoms with E-state index in [0.29, 0.717) is 23.6 Å². The molecule has 0 amide bonds. The summed E-state index contributed by atoms with van der Waals surface area (Å²) in [5.74, 6) is 0.0451. The summed E-state index contributed by atoms with van der Waals surface area (Å²) >= 11 is 0. The standard InChI is InChI=1S/C13H16N4O2/c1-8-15-7-10(6-14)12(16-8)17-11-4-2-3-9(5-11)13(18)19/h7,9,11H,2-5H2,1H3,(H,18,19)(H,15,16,17). The van der Waals surface area contributed by atoms with Gasteiger partial charge in [-0.3, -0.25) is 4.79 Å². The van der Waals surface area contributed by atoms with E-state index in [0.717, 1.165) is 19.3 Å². The van der Waals surface area contributed by atoms with Gasteiger partial charge < -0.3 is 10.4 Å². The van der Waals surface area contributed by atoms with Crippen LogP contribution >= 0.6 is 0 Å². The van der Waals surface area contributed by atoms with Crippen molar-refractivity contribution in [3.8, 4) is 6.07 Å². The van der Waals surface area contributed by atoms with Crippen LogP contribution in [0.25, 0.3) is 0 Å². The van der Waals surface area contributed by atoms with Crippen LogP contribution in [0, 0.1) is 24.2 Å². The van der Waals surface area contributed by atoms with E-state index in [1.165, 1.54) is 6.20 Å². The zero-order valence-electron chi connectivity index (χ0n) is 10.8. The van der Waals surface area contributed by atoms with Crippen molar-refractivity contribution in [1.82, 2.24) is 9.97 Å². The first-order chi connectivity index (χ1) is 9.10. The largest absolute Gasteiger partial charge is 0.481 e. The molecule has 1 saturated carbocycles. The first kappa shape index (κ1) is 13.3. The highest BCUT2D eigenvalue weighted by Gasteiger charge is 2.27. The van der Waals surface area contributed by atoms with Gasteiger partial charge in [-0.25, -0.2) is 9.97 Å². The topological polar surface area (TPSA) is 98.9 Å². The summed E-state index contributed by atoms with van der Waals surface area (Å²) in [5, 5.41) is 21.3. The van der Waals surface area contributed by atoms with Gasteiger partial charge in [0.15, 0.2) is 0 Å². The molecule has 2 rings (SSSR count). The molecule has 1 heterocycles. The first-order valence-electron chi connectivity index (χ1n) is 6.33. The molecule has 100 valence electrons. The maximum atomic E-state index is 11.0. The van der Waals surface area contributed by atoms with E-state index in [2.05, 4.69) is 15.3 Å². The summed E-state index contributed by atoms with van der Waals surface area (Å²) in [5.41, 5.74) is 0.392. The average Bonchev–Trinajstić information content (AvgIpc) is 2.39. The molecule has 2 unspecified atom stereocenters. The van der Waals surface area contributed by atoms with Crippen LogP contribution in [0.5, 0.6) is 0 Å². The fourth-order valence-electron chi connectivity index (χ4n) is 2.40. The Labute approximate surface area is 111 Å². The zero-order chi connectivity index (χ0) is 13.8. The van der Waals surface area contributed by atoms with Gasteiger partial charge in [0.05, 0.1) is 12.1 Å². The molecule has 1 aliphatic carbocycles. The number of aliphatic carboxylic acids is 1. The lowest BCUT2D eigenvalue weighted by molar-refractivity contribution is -0.142. The van der Waals surface area contributed by atoms with Crippen molar-refractivity contribution in [3.63, 3.8) is 0 Å². The third-order valence-electron chi connectivity index (χ3n) is 3.39. The summed E-state index contributed by atoms with van der Waals surface area (Å²) < 4.78 is 0. The molecule has 1 aliphatic rings. The molecule has 6 heteroatoms. The Balaban J connectivity index is 2.11. The summed E-state index contributed by atoms with van der Waals surface area (Å²) in [6, 6.07) is 2.09. The minimum Gasteiger partial charge on any atom is -0.481 e. The lowest BCUT2D eigenvalue weighted by atomic mass is 9.86.